The van der Waals surface area contributed by atoms with Crippen molar-refractivity contribution in [3.8, 4) is 11.4 Å². The molecule has 2 aromatic rings. The number of carbonyl (C=O) groups excluding carboxylic acids is 2. The molecule has 0 bridgehead atoms. The lowest BCUT2D eigenvalue weighted by Gasteiger charge is -2.72. The summed E-state index contributed by atoms with van der Waals surface area (Å²) in [4.78, 5) is 44.0. The van der Waals surface area contributed by atoms with Crippen LogP contribution in [0.4, 0.5) is 0 Å². The number of carbonyl (C=O) groups is 3. The summed E-state index contributed by atoms with van der Waals surface area (Å²) >= 11 is 6.17. The van der Waals surface area contributed by atoms with Crippen molar-refractivity contribution in [1.82, 2.24) is 10.1 Å². The molecule has 0 spiro atoms. The molecule has 8 atom stereocenters. The minimum atomic E-state index is -1.17. The first kappa shape index (κ1) is 37.3. The van der Waals surface area contributed by atoms with E-state index in [2.05, 4.69) is 53.6 Å². The van der Waals surface area contributed by atoms with Crippen molar-refractivity contribution in [1.29, 1.82) is 0 Å². The Kier molecular flexibility index (Phi) is 8.80. The third kappa shape index (κ3) is 5.30. The predicted octanol–water partition coefficient (Wildman–Crippen LogP) is 10.0. The molecule has 4 fully saturated rings. The van der Waals surface area contributed by atoms with Gasteiger partial charge in [0.25, 0.3) is 0 Å². The molecule has 5 aliphatic rings. The number of hydrogen-bond donors (Lipinski definition) is 1. The van der Waals surface area contributed by atoms with E-state index in [0.717, 1.165) is 62.5 Å². The molecule has 0 radical (unpaired) electrons. The number of ketones is 1. The Hall–Kier alpha value is -3.00. The van der Waals surface area contributed by atoms with E-state index in [9.17, 15) is 19.5 Å². The fourth-order valence-corrected chi connectivity index (χ4v) is 13.0. The zero-order valence-corrected chi connectivity index (χ0v) is 33.3. The number of rotatable bonds is 7. The summed E-state index contributed by atoms with van der Waals surface area (Å²) in [5.41, 5.74) is 1.18. The molecule has 1 aromatic heterocycles. The van der Waals surface area contributed by atoms with Crippen LogP contribution in [-0.2, 0) is 24.5 Å². The average Bonchev–Trinajstić information content (AvgIpc) is 3.66. The van der Waals surface area contributed by atoms with Gasteiger partial charge in [0.2, 0.25) is 11.7 Å². The summed E-state index contributed by atoms with van der Waals surface area (Å²) in [6, 6.07) is 7.47. The highest BCUT2D eigenvalue weighted by Gasteiger charge is 2.71. The Morgan fingerprint density at radius 1 is 0.962 bits per heavy atom. The van der Waals surface area contributed by atoms with Crippen molar-refractivity contribution < 1.29 is 28.8 Å². The molecule has 0 saturated heterocycles. The van der Waals surface area contributed by atoms with Gasteiger partial charge in [-0.1, -0.05) is 65.2 Å². The summed E-state index contributed by atoms with van der Waals surface area (Å²) in [6.45, 7) is 19.6. The van der Waals surface area contributed by atoms with Crippen LogP contribution in [0.25, 0.3) is 11.4 Å². The van der Waals surface area contributed by atoms with E-state index < -0.39 is 22.8 Å². The summed E-state index contributed by atoms with van der Waals surface area (Å²) in [6.07, 6.45) is 7.76. The summed E-state index contributed by atoms with van der Waals surface area (Å²) in [7, 11) is 0. The van der Waals surface area contributed by atoms with Crippen molar-refractivity contribution >= 4 is 29.3 Å². The number of carboxylic acids is 1. The number of allylic oxidation sites excluding steroid dienone is 2. The standard InChI is InChI=1S/C43H57ClN2O6/c1-24(2)33-28(47)22-43(36-45-35(46-52-36)25-10-12-26(44)13-11-25)21-20-41(8)27(34(33)43)14-15-30-40(7)18-17-31(51-32(48)23-38(3,4)37(49)50)39(5,6)29(40)16-19-42(30,41)9/h10-13,24,27,29-31H,14-23H2,1-9H3,(H,49,50)/t27-,29?,30-,31+,40+,41-,42-,43-/m1/s1. The van der Waals surface area contributed by atoms with Gasteiger partial charge in [-0.3, -0.25) is 14.4 Å². The maximum Gasteiger partial charge on any atom is 0.309 e. The van der Waals surface area contributed by atoms with Crippen LogP contribution in [0.15, 0.2) is 39.9 Å². The Bertz CT molecular complexity index is 1830. The first-order valence-electron chi connectivity index (χ1n) is 19.5. The topological polar surface area (TPSA) is 120 Å². The van der Waals surface area contributed by atoms with E-state index in [0.29, 0.717) is 35.0 Å². The lowest BCUT2D eigenvalue weighted by molar-refractivity contribution is -0.232. The Morgan fingerprint density at radius 3 is 2.31 bits per heavy atom. The number of benzene rings is 1. The molecule has 7 rings (SSSR count). The van der Waals surface area contributed by atoms with Crippen LogP contribution in [-0.4, -0.2) is 39.1 Å². The van der Waals surface area contributed by atoms with E-state index in [1.54, 1.807) is 13.8 Å². The number of Topliss-reactive ketones (excluding diaryl/α,β-unsaturated/α-hetero) is 1. The second kappa shape index (κ2) is 12.3. The van der Waals surface area contributed by atoms with E-state index in [4.69, 9.17) is 25.8 Å². The van der Waals surface area contributed by atoms with Gasteiger partial charge < -0.3 is 14.4 Å². The van der Waals surface area contributed by atoms with Crippen molar-refractivity contribution in [2.45, 2.75) is 138 Å². The van der Waals surface area contributed by atoms with Gasteiger partial charge in [-0.25, -0.2) is 0 Å². The Labute approximate surface area is 313 Å². The molecule has 8 nitrogen and oxygen atoms in total. The van der Waals surface area contributed by atoms with Crippen LogP contribution in [0.2, 0.25) is 5.02 Å². The molecule has 0 amide bonds. The normalized spacial score (nSPS) is 36.9. The molecule has 9 heteroatoms. The number of aromatic nitrogens is 2. The van der Waals surface area contributed by atoms with Crippen LogP contribution in [0.5, 0.6) is 0 Å². The largest absolute Gasteiger partial charge is 0.481 e. The van der Waals surface area contributed by atoms with Gasteiger partial charge in [0, 0.05) is 22.4 Å². The van der Waals surface area contributed by atoms with Crippen LogP contribution in [0.3, 0.4) is 0 Å². The van der Waals surface area contributed by atoms with Gasteiger partial charge in [0.1, 0.15) is 6.10 Å². The van der Waals surface area contributed by atoms with Gasteiger partial charge in [0.15, 0.2) is 5.78 Å². The van der Waals surface area contributed by atoms with Crippen molar-refractivity contribution in [2.75, 3.05) is 0 Å². The van der Waals surface area contributed by atoms with Gasteiger partial charge in [0.05, 0.1) is 17.3 Å². The quantitative estimate of drug-likeness (QED) is 0.279. The van der Waals surface area contributed by atoms with E-state index in [1.807, 2.05) is 24.3 Å². The third-order valence-corrected chi connectivity index (χ3v) is 16.0. The van der Waals surface area contributed by atoms with E-state index >= 15 is 0 Å². The Morgan fingerprint density at radius 2 is 1.65 bits per heavy atom. The summed E-state index contributed by atoms with van der Waals surface area (Å²) in [5, 5.41) is 14.7. The molecule has 5 aliphatic carbocycles. The van der Waals surface area contributed by atoms with Crippen LogP contribution in [0.1, 0.15) is 132 Å². The van der Waals surface area contributed by atoms with Crippen molar-refractivity contribution in [3.63, 3.8) is 0 Å². The maximum atomic E-state index is 14.1. The lowest BCUT2D eigenvalue weighted by Crippen LogP contribution is -2.66. The first-order valence-corrected chi connectivity index (χ1v) is 19.9. The molecule has 1 N–H and O–H groups in total. The third-order valence-electron chi connectivity index (χ3n) is 15.7. The number of ether oxygens (including phenoxy) is 1. The monoisotopic (exact) mass is 732 g/mol. The highest BCUT2D eigenvalue weighted by molar-refractivity contribution is 6.30. The Balaban J connectivity index is 1.20. The lowest BCUT2D eigenvalue weighted by atomic mass is 9.33. The number of esters is 1. The molecule has 282 valence electrons. The average molecular weight is 733 g/mol. The van der Waals surface area contributed by atoms with E-state index in [1.165, 1.54) is 5.57 Å². The minimum Gasteiger partial charge on any atom is -0.481 e. The van der Waals surface area contributed by atoms with Crippen molar-refractivity contribution in [3.05, 3.63) is 46.3 Å². The SMILES string of the molecule is CC(C)C1=C2[C@H]3CC[C@@H]4[C@@]5(C)CC[C@H](OC(=O)CC(C)(C)C(=O)O)C(C)(C)C5CC[C@@]4(C)[C@]3(C)CC[C@@]2(c2nc(-c3ccc(Cl)cc3)no2)CC1=O. The summed E-state index contributed by atoms with van der Waals surface area (Å²) in [5.74, 6) is 1.09. The van der Waals surface area contributed by atoms with Crippen LogP contribution in [0, 0.1) is 50.7 Å². The zero-order chi connectivity index (χ0) is 37.8. The number of carboxylic acid groups (broad SMARTS) is 1. The molecular formula is C43H57ClN2O6. The molecule has 52 heavy (non-hydrogen) atoms. The molecule has 0 aliphatic heterocycles. The predicted molar refractivity (Wildman–Crippen MR) is 199 cm³/mol. The second-order valence-corrected chi connectivity index (χ2v) is 19.8. The van der Waals surface area contributed by atoms with Crippen molar-refractivity contribution in [2.24, 2.45) is 50.7 Å². The number of fused-ring (bicyclic) bond motifs is 7. The van der Waals surface area contributed by atoms with Gasteiger partial charge >= 0.3 is 11.9 Å². The van der Waals surface area contributed by atoms with E-state index in [-0.39, 0.29) is 51.8 Å². The highest BCUT2D eigenvalue weighted by Crippen LogP contribution is 2.76. The number of halogens is 1. The molecule has 1 aromatic carbocycles. The first-order chi connectivity index (χ1) is 24.2. The van der Waals surface area contributed by atoms with Gasteiger partial charge in [-0.2, -0.15) is 4.98 Å². The molecule has 4 saturated carbocycles. The second-order valence-electron chi connectivity index (χ2n) is 19.4. The summed E-state index contributed by atoms with van der Waals surface area (Å²) < 4.78 is 12.3. The molecular weight excluding hydrogens is 676 g/mol. The number of aliphatic carboxylic acids is 1. The minimum absolute atomic E-state index is 0.0254. The van der Waals surface area contributed by atoms with Crippen LogP contribution >= 0.6 is 11.6 Å². The van der Waals surface area contributed by atoms with Gasteiger partial charge in [-0.05, 0) is 141 Å². The fourth-order valence-electron chi connectivity index (χ4n) is 12.8. The maximum absolute atomic E-state index is 14.1. The zero-order valence-electron chi connectivity index (χ0n) is 32.5. The molecule has 1 heterocycles. The fraction of sp³-hybridized carbons (Fsp3) is 0.698. The molecule has 1 unspecified atom stereocenters. The number of nitrogens with zero attached hydrogens (tertiary/aromatic N) is 2. The smallest absolute Gasteiger partial charge is 0.309 e. The van der Waals surface area contributed by atoms with Gasteiger partial charge in [-0.15, -0.1) is 0 Å². The van der Waals surface area contributed by atoms with Crippen LogP contribution < -0.4 is 0 Å². The number of hydrogen-bond acceptors (Lipinski definition) is 7. The highest BCUT2D eigenvalue weighted by atomic mass is 35.5.